The van der Waals surface area contributed by atoms with Gasteiger partial charge in [0.2, 0.25) is 5.91 Å². The molecule has 0 spiro atoms. The van der Waals surface area contributed by atoms with E-state index in [9.17, 15) is 4.79 Å². The first-order valence-corrected chi connectivity index (χ1v) is 7.05. The smallest absolute Gasteiger partial charge is 0.220 e. The predicted molar refractivity (Wildman–Crippen MR) is 69.8 cm³/mol. The molecule has 0 aromatic rings. The standard InChI is InChI=1S/C14H26N2O/c1-14(2)6-3-4-12(9-14)16-13(17)8-11-5-7-15-10-11/h11-12,15H,3-10H2,1-2H3,(H,16,17). The molecule has 0 radical (unpaired) electrons. The minimum absolute atomic E-state index is 0.265. The predicted octanol–water partition coefficient (Wildman–Crippen LogP) is 2.07. The van der Waals surface area contributed by atoms with Crippen LogP contribution >= 0.6 is 0 Å². The van der Waals surface area contributed by atoms with Gasteiger partial charge in [0.05, 0.1) is 0 Å². The van der Waals surface area contributed by atoms with Crippen molar-refractivity contribution in [1.82, 2.24) is 10.6 Å². The van der Waals surface area contributed by atoms with Gasteiger partial charge in [-0.3, -0.25) is 4.79 Å². The van der Waals surface area contributed by atoms with Crippen molar-refractivity contribution in [1.29, 1.82) is 0 Å². The van der Waals surface area contributed by atoms with E-state index in [0.29, 0.717) is 23.8 Å². The highest BCUT2D eigenvalue weighted by Crippen LogP contribution is 2.35. The number of hydrogen-bond donors (Lipinski definition) is 2. The Morgan fingerprint density at radius 3 is 2.88 bits per heavy atom. The van der Waals surface area contributed by atoms with Crippen LogP contribution in [0, 0.1) is 11.3 Å². The second-order valence-electron chi connectivity index (χ2n) is 6.59. The topological polar surface area (TPSA) is 41.1 Å². The first kappa shape index (κ1) is 12.9. The number of carbonyl (C=O) groups excluding carboxylic acids is 1. The average molecular weight is 238 g/mol. The molecule has 2 unspecified atom stereocenters. The second kappa shape index (κ2) is 5.38. The van der Waals surface area contributed by atoms with Gasteiger partial charge in [0.1, 0.15) is 0 Å². The monoisotopic (exact) mass is 238 g/mol. The van der Waals surface area contributed by atoms with Crippen LogP contribution in [-0.2, 0) is 4.79 Å². The third kappa shape index (κ3) is 3.98. The number of carbonyl (C=O) groups is 1. The Labute approximate surface area is 105 Å². The van der Waals surface area contributed by atoms with Gasteiger partial charge in [0, 0.05) is 12.5 Å². The van der Waals surface area contributed by atoms with Gasteiger partial charge in [-0.25, -0.2) is 0 Å². The quantitative estimate of drug-likeness (QED) is 0.790. The Balaban J connectivity index is 1.74. The Hall–Kier alpha value is -0.570. The summed E-state index contributed by atoms with van der Waals surface area (Å²) in [4.78, 5) is 11.9. The molecule has 1 aliphatic carbocycles. The largest absolute Gasteiger partial charge is 0.353 e. The molecule has 3 nitrogen and oxygen atoms in total. The van der Waals surface area contributed by atoms with Crippen LogP contribution in [0.4, 0.5) is 0 Å². The van der Waals surface area contributed by atoms with Gasteiger partial charge in [-0.05, 0) is 50.1 Å². The van der Waals surface area contributed by atoms with E-state index in [-0.39, 0.29) is 5.91 Å². The molecular weight excluding hydrogens is 212 g/mol. The molecular formula is C14H26N2O. The van der Waals surface area contributed by atoms with Crippen LogP contribution in [0.2, 0.25) is 0 Å². The normalized spacial score (nSPS) is 32.4. The molecule has 3 heteroatoms. The van der Waals surface area contributed by atoms with E-state index in [0.717, 1.165) is 32.4 Å². The first-order valence-electron chi connectivity index (χ1n) is 7.05. The lowest BCUT2D eigenvalue weighted by Gasteiger charge is -2.35. The Morgan fingerprint density at radius 1 is 1.41 bits per heavy atom. The Kier molecular flexibility index (Phi) is 4.08. The highest BCUT2D eigenvalue weighted by molar-refractivity contribution is 5.76. The minimum Gasteiger partial charge on any atom is -0.353 e. The first-order chi connectivity index (χ1) is 8.05. The highest BCUT2D eigenvalue weighted by Gasteiger charge is 2.29. The molecule has 1 saturated heterocycles. The van der Waals surface area contributed by atoms with Crippen molar-refractivity contribution >= 4 is 5.91 Å². The van der Waals surface area contributed by atoms with E-state index in [4.69, 9.17) is 0 Å². The number of rotatable bonds is 3. The van der Waals surface area contributed by atoms with Crippen molar-refractivity contribution in [2.24, 2.45) is 11.3 Å². The van der Waals surface area contributed by atoms with Crippen molar-refractivity contribution < 1.29 is 4.79 Å². The highest BCUT2D eigenvalue weighted by atomic mass is 16.1. The summed E-state index contributed by atoms with van der Waals surface area (Å²) in [5, 5.41) is 6.55. The van der Waals surface area contributed by atoms with E-state index in [1.165, 1.54) is 12.8 Å². The van der Waals surface area contributed by atoms with E-state index >= 15 is 0 Å². The maximum atomic E-state index is 11.9. The van der Waals surface area contributed by atoms with Crippen molar-refractivity contribution in [3.05, 3.63) is 0 Å². The molecule has 17 heavy (non-hydrogen) atoms. The fourth-order valence-electron chi connectivity index (χ4n) is 3.26. The fraction of sp³-hybridized carbons (Fsp3) is 0.929. The zero-order valence-electron chi connectivity index (χ0n) is 11.2. The molecule has 1 heterocycles. The van der Waals surface area contributed by atoms with Crippen molar-refractivity contribution in [3.63, 3.8) is 0 Å². The number of amides is 1. The molecule has 0 aromatic heterocycles. The minimum atomic E-state index is 0.265. The van der Waals surface area contributed by atoms with Gasteiger partial charge in [0.25, 0.3) is 0 Å². The summed E-state index contributed by atoms with van der Waals surface area (Å²) in [6.07, 6.45) is 6.72. The third-order valence-corrected chi connectivity index (χ3v) is 4.21. The molecule has 2 rings (SSSR count). The zero-order chi connectivity index (χ0) is 12.3. The van der Waals surface area contributed by atoms with Crippen molar-refractivity contribution in [3.8, 4) is 0 Å². The molecule has 1 aliphatic heterocycles. The summed E-state index contributed by atoms with van der Waals surface area (Å²) in [5.74, 6) is 0.827. The molecule has 98 valence electrons. The third-order valence-electron chi connectivity index (χ3n) is 4.21. The lowest BCUT2D eigenvalue weighted by molar-refractivity contribution is -0.123. The lowest BCUT2D eigenvalue weighted by Crippen LogP contribution is -2.41. The number of nitrogens with one attached hydrogen (secondary N) is 2. The van der Waals surface area contributed by atoms with Crippen LogP contribution in [0.5, 0.6) is 0 Å². The number of hydrogen-bond acceptors (Lipinski definition) is 2. The molecule has 1 saturated carbocycles. The molecule has 0 aromatic carbocycles. The van der Waals surface area contributed by atoms with Crippen LogP contribution in [0.25, 0.3) is 0 Å². The summed E-state index contributed by atoms with van der Waals surface area (Å²) < 4.78 is 0. The molecule has 0 bridgehead atoms. The van der Waals surface area contributed by atoms with E-state index in [1.54, 1.807) is 0 Å². The van der Waals surface area contributed by atoms with Gasteiger partial charge in [0.15, 0.2) is 0 Å². The summed E-state index contributed by atoms with van der Waals surface area (Å²) in [6.45, 7) is 6.72. The Morgan fingerprint density at radius 2 is 2.24 bits per heavy atom. The maximum Gasteiger partial charge on any atom is 0.220 e. The van der Waals surface area contributed by atoms with Crippen LogP contribution in [-0.4, -0.2) is 25.0 Å². The maximum absolute atomic E-state index is 11.9. The summed E-state index contributed by atoms with van der Waals surface area (Å²) in [6, 6.07) is 0.417. The van der Waals surface area contributed by atoms with E-state index < -0.39 is 0 Å². The molecule has 1 amide bonds. The summed E-state index contributed by atoms with van der Waals surface area (Å²) in [5.41, 5.74) is 0.408. The van der Waals surface area contributed by atoms with Crippen molar-refractivity contribution in [2.75, 3.05) is 13.1 Å². The van der Waals surface area contributed by atoms with Crippen molar-refractivity contribution in [2.45, 2.75) is 58.4 Å². The van der Waals surface area contributed by atoms with Crippen LogP contribution < -0.4 is 10.6 Å². The van der Waals surface area contributed by atoms with Crippen LogP contribution in [0.1, 0.15) is 52.4 Å². The molecule has 2 aliphatic rings. The SMILES string of the molecule is CC1(C)CCCC(NC(=O)CC2CCNC2)C1. The van der Waals surface area contributed by atoms with Gasteiger partial charge in [-0.1, -0.05) is 20.3 Å². The van der Waals surface area contributed by atoms with Crippen LogP contribution in [0.3, 0.4) is 0 Å². The molecule has 2 N–H and O–H groups in total. The molecule has 2 fully saturated rings. The fourth-order valence-corrected chi connectivity index (χ4v) is 3.26. The second-order valence-corrected chi connectivity index (χ2v) is 6.59. The van der Waals surface area contributed by atoms with Gasteiger partial charge >= 0.3 is 0 Å². The Bertz CT molecular complexity index is 269. The molecule has 2 atom stereocenters. The average Bonchev–Trinajstić information content (AvgIpc) is 2.68. The summed E-state index contributed by atoms with van der Waals surface area (Å²) in [7, 11) is 0. The lowest BCUT2D eigenvalue weighted by atomic mass is 9.75. The van der Waals surface area contributed by atoms with Gasteiger partial charge < -0.3 is 10.6 Å². The van der Waals surface area contributed by atoms with E-state index in [1.807, 2.05) is 0 Å². The van der Waals surface area contributed by atoms with E-state index in [2.05, 4.69) is 24.5 Å². The van der Waals surface area contributed by atoms with Gasteiger partial charge in [-0.2, -0.15) is 0 Å². The van der Waals surface area contributed by atoms with Crippen LogP contribution in [0.15, 0.2) is 0 Å². The van der Waals surface area contributed by atoms with Gasteiger partial charge in [-0.15, -0.1) is 0 Å². The zero-order valence-corrected chi connectivity index (χ0v) is 11.2. The summed E-state index contributed by atoms with van der Waals surface area (Å²) >= 11 is 0.